The molecule has 8 aliphatic rings. The summed E-state index contributed by atoms with van der Waals surface area (Å²) < 4.78 is 12.8. The molecule has 2 unspecified atom stereocenters. The SMILES string of the molecule is O=C(O)C(Oc1cc(C2=NCCS2)c2c(c1)[C@@]13CCCC[C@H]1[C@@H](C2)NCC3)C(Oc1cc(C2=NCCS2)c2c(c1)[C@@]13CCCC[C@H]1[C@@H](C2)NCC3)C(=O)O. The van der Waals surface area contributed by atoms with Gasteiger partial charge in [-0.2, -0.15) is 0 Å². The summed E-state index contributed by atoms with van der Waals surface area (Å²) in [4.78, 5) is 36.1. The summed E-state index contributed by atoms with van der Waals surface area (Å²) >= 11 is 3.46. The molecule has 4 fully saturated rings. The van der Waals surface area contributed by atoms with Crippen LogP contribution in [0.15, 0.2) is 34.3 Å². The first-order chi connectivity index (χ1) is 26.3. The van der Waals surface area contributed by atoms with Crippen LogP contribution < -0.4 is 20.1 Å². The Morgan fingerprint density at radius 1 is 0.685 bits per heavy atom. The summed E-state index contributed by atoms with van der Waals surface area (Å²) in [5.74, 6) is 0.858. The lowest BCUT2D eigenvalue weighted by Gasteiger charge is -2.56. The highest BCUT2D eigenvalue weighted by molar-refractivity contribution is 8.15. The van der Waals surface area contributed by atoms with Crippen LogP contribution in [-0.2, 0) is 33.3 Å². The first-order valence-electron chi connectivity index (χ1n) is 20.3. The van der Waals surface area contributed by atoms with Gasteiger partial charge in [-0.25, -0.2) is 9.59 Å². The van der Waals surface area contributed by atoms with Gasteiger partial charge in [0.25, 0.3) is 0 Å². The standard InChI is InChI=1S/C42H50N4O6S2/c47-39(48)35(51-23-17-27(37-45-13-15-53-37)25-21-33-29-5-1-3-7-41(29,9-11-43-33)31(25)19-23)36(40(49)50)52-24-18-28(38-46-14-16-54-38)26-22-34-30-6-2-4-8-42(30,10-12-44-34)32(26)20-24/h17-20,29-30,33-36,43-44H,1-16,21-22H2,(H,47,48)(H,49,50)/t29-,30-,33+,34+,35?,36?,41+,42+/m0/s1. The quantitative estimate of drug-likeness (QED) is 0.250. The van der Waals surface area contributed by atoms with Crippen molar-refractivity contribution in [3.8, 4) is 11.5 Å². The molecule has 286 valence electrons. The van der Waals surface area contributed by atoms with Gasteiger partial charge >= 0.3 is 11.9 Å². The lowest BCUT2D eigenvalue weighted by atomic mass is 9.52. The number of nitrogens with one attached hydrogen (secondary N) is 2. The maximum Gasteiger partial charge on any atom is 0.349 e. The largest absolute Gasteiger partial charge is 0.478 e. The third-order valence-corrected chi connectivity index (χ3v) is 16.4. The number of aliphatic imine (C=N–C) groups is 2. The van der Waals surface area contributed by atoms with Gasteiger partial charge in [0.1, 0.15) is 11.5 Å². The molecule has 2 aromatic rings. The zero-order valence-electron chi connectivity index (χ0n) is 30.7. The van der Waals surface area contributed by atoms with Gasteiger partial charge < -0.3 is 30.3 Å². The first-order valence-corrected chi connectivity index (χ1v) is 22.3. The molecule has 0 amide bonds. The number of hydrogen-bond acceptors (Lipinski definition) is 10. The Balaban J connectivity index is 1.04. The van der Waals surface area contributed by atoms with Crippen molar-refractivity contribution < 1.29 is 29.3 Å². The van der Waals surface area contributed by atoms with Crippen LogP contribution in [0.5, 0.6) is 11.5 Å². The van der Waals surface area contributed by atoms with Gasteiger partial charge in [0, 0.05) is 58.6 Å². The zero-order valence-corrected chi connectivity index (χ0v) is 32.4. The van der Waals surface area contributed by atoms with Gasteiger partial charge in [0.05, 0.1) is 10.1 Å². The van der Waals surface area contributed by atoms with E-state index in [1.807, 2.05) is 12.1 Å². The molecule has 4 N–H and O–H groups in total. The number of piperidine rings is 2. The van der Waals surface area contributed by atoms with Crippen LogP contribution in [0, 0.1) is 11.8 Å². The number of aliphatic carboxylic acids is 2. The lowest BCUT2D eigenvalue weighted by Crippen LogP contribution is -2.59. The summed E-state index contributed by atoms with van der Waals surface area (Å²) in [6.45, 7) is 3.40. The third kappa shape index (κ3) is 5.66. The number of fused-ring (bicyclic) bond motifs is 2. The summed E-state index contributed by atoms with van der Waals surface area (Å²) in [6, 6.07) is 8.77. The molecule has 0 radical (unpaired) electrons. The second kappa shape index (κ2) is 13.8. The topological polar surface area (TPSA) is 142 Å². The smallest absolute Gasteiger partial charge is 0.349 e. The Labute approximate surface area is 325 Å². The summed E-state index contributed by atoms with van der Waals surface area (Å²) in [5, 5.41) is 31.1. The van der Waals surface area contributed by atoms with Crippen LogP contribution in [0.4, 0.5) is 0 Å². The fourth-order valence-corrected chi connectivity index (χ4v) is 14.1. The van der Waals surface area contributed by atoms with E-state index in [0.717, 1.165) is 97.4 Å². The van der Waals surface area contributed by atoms with Gasteiger partial charge in [0.15, 0.2) is 0 Å². The predicted octanol–water partition coefficient (Wildman–Crippen LogP) is 5.73. The maximum absolute atomic E-state index is 13.2. The minimum absolute atomic E-state index is 0.00827. The van der Waals surface area contributed by atoms with E-state index in [9.17, 15) is 19.8 Å². The molecule has 2 saturated heterocycles. The number of thioether (sulfide) groups is 2. The molecule has 54 heavy (non-hydrogen) atoms. The fraction of sp³-hybridized carbons (Fsp3) is 0.619. The van der Waals surface area contributed by atoms with Crippen molar-refractivity contribution in [1.29, 1.82) is 0 Å². The van der Waals surface area contributed by atoms with Gasteiger partial charge in [-0.05, 0) is 123 Å². The highest BCUT2D eigenvalue weighted by Crippen LogP contribution is 2.57. The minimum atomic E-state index is -1.78. The second-order valence-corrected chi connectivity index (χ2v) is 19.0. The van der Waals surface area contributed by atoms with Crippen molar-refractivity contribution in [3.05, 3.63) is 57.6 Å². The van der Waals surface area contributed by atoms with Crippen LogP contribution in [0.25, 0.3) is 0 Å². The second-order valence-electron chi connectivity index (χ2n) is 16.9. The number of carboxylic acid groups (broad SMARTS) is 2. The molecule has 0 spiro atoms. The van der Waals surface area contributed by atoms with E-state index in [2.05, 4.69) is 22.8 Å². The summed E-state index contributed by atoms with van der Waals surface area (Å²) in [5.41, 5.74) is 7.08. The van der Waals surface area contributed by atoms with E-state index in [1.54, 1.807) is 23.5 Å². The Bertz CT molecular complexity index is 1810. The van der Waals surface area contributed by atoms with Crippen molar-refractivity contribution in [3.63, 3.8) is 0 Å². The Hall–Kier alpha value is -3.06. The number of ether oxygens (including phenoxy) is 2. The number of carboxylic acids is 2. The third-order valence-electron chi connectivity index (χ3n) is 14.4. The van der Waals surface area contributed by atoms with E-state index in [4.69, 9.17) is 19.5 Å². The average Bonchev–Trinajstić information content (AvgIpc) is 3.92. The van der Waals surface area contributed by atoms with Gasteiger partial charge in [-0.3, -0.25) is 9.98 Å². The first kappa shape index (κ1) is 35.4. The Kier molecular flexibility index (Phi) is 9.07. The summed E-state index contributed by atoms with van der Waals surface area (Å²) in [6.07, 6.45) is 9.61. The highest BCUT2D eigenvalue weighted by atomic mass is 32.2. The van der Waals surface area contributed by atoms with Gasteiger partial charge in [-0.1, -0.05) is 25.7 Å². The number of hydrogen-bond donors (Lipinski definition) is 4. The molecule has 8 atom stereocenters. The van der Waals surface area contributed by atoms with Crippen LogP contribution in [0.2, 0.25) is 0 Å². The molecule has 0 aromatic heterocycles. The lowest BCUT2D eigenvalue weighted by molar-refractivity contribution is -0.161. The molecule has 12 heteroatoms. The molecule has 2 saturated carbocycles. The number of benzene rings is 2. The minimum Gasteiger partial charge on any atom is -0.478 e. The zero-order chi connectivity index (χ0) is 36.6. The summed E-state index contributed by atoms with van der Waals surface area (Å²) in [7, 11) is 0. The predicted molar refractivity (Wildman–Crippen MR) is 212 cm³/mol. The van der Waals surface area contributed by atoms with Gasteiger partial charge in [0.2, 0.25) is 12.2 Å². The van der Waals surface area contributed by atoms with Crippen LogP contribution >= 0.6 is 23.5 Å². The van der Waals surface area contributed by atoms with Crippen molar-refractivity contribution >= 4 is 45.5 Å². The maximum atomic E-state index is 13.2. The molecule has 4 aliphatic carbocycles. The molecule has 10 nitrogen and oxygen atoms in total. The monoisotopic (exact) mass is 770 g/mol. The van der Waals surface area contributed by atoms with Crippen LogP contribution in [0.3, 0.4) is 0 Å². The molecule has 10 rings (SSSR count). The normalized spacial score (nSPS) is 33.2. The number of nitrogens with zero attached hydrogens (tertiary/aromatic N) is 2. The van der Waals surface area contributed by atoms with E-state index in [0.29, 0.717) is 35.4 Å². The Morgan fingerprint density at radius 3 is 1.56 bits per heavy atom. The number of rotatable bonds is 9. The van der Waals surface area contributed by atoms with E-state index >= 15 is 0 Å². The van der Waals surface area contributed by atoms with Gasteiger partial charge in [-0.15, -0.1) is 23.5 Å². The fourth-order valence-electron chi connectivity index (χ4n) is 12.3. The van der Waals surface area contributed by atoms with Crippen molar-refractivity contribution in [2.24, 2.45) is 21.8 Å². The molecular weight excluding hydrogens is 721 g/mol. The van der Waals surface area contributed by atoms with E-state index in [1.165, 1.54) is 60.8 Å². The molecular formula is C42H50N4O6S2. The Morgan fingerprint density at radius 2 is 1.15 bits per heavy atom. The van der Waals surface area contributed by atoms with Crippen molar-refractivity contribution in [1.82, 2.24) is 10.6 Å². The van der Waals surface area contributed by atoms with Crippen LogP contribution in [-0.4, -0.2) is 94.2 Å². The molecule has 4 heterocycles. The highest BCUT2D eigenvalue weighted by Gasteiger charge is 2.54. The molecule has 4 bridgehead atoms. The molecule has 4 aliphatic heterocycles. The van der Waals surface area contributed by atoms with Crippen molar-refractivity contribution in [2.75, 3.05) is 37.7 Å². The molecule has 2 aromatic carbocycles. The van der Waals surface area contributed by atoms with Crippen molar-refractivity contribution in [2.45, 2.75) is 112 Å². The number of carbonyl (C=O) groups is 2. The van der Waals surface area contributed by atoms with E-state index in [-0.39, 0.29) is 10.8 Å². The van der Waals surface area contributed by atoms with E-state index < -0.39 is 24.1 Å². The van der Waals surface area contributed by atoms with Crippen LogP contribution in [0.1, 0.15) is 97.6 Å². The average molecular weight is 771 g/mol.